The molecule has 3 atom stereocenters. The van der Waals surface area contributed by atoms with Gasteiger partial charge in [0.2, 0.25) is 5.91 Å². The number of nitrogens with one attached hydrogen (secondary N) is 1. The van der Waals surface area contributed by atoms with E-state index in [2.05, 4.69) is 56.1 Å². The number of aryl methyl sites for hydroxylation is 1. The van der Waals surface area contributed by atoms with E-state index in [0.717, 1.165) is 45.2 Å². The molecule has 1 saturated heterocycles. The first kappa shape index (κ1) is 21.8. The maximum Gasteiger partial charge on any atom is 0.232 e. The molecule has 0 unspecified atom stereocenters. The highest BCUT2D eigenvalue weighted by atomic mass is 32.1. The van der Waals surface area contributed by atoms with Crippen LogP contribution in [0.5, 0.6) is 0 Å². The van der Waals surface area contributed by atoms with Gasteiger partial charge in [-0.15, -0.1) is 0 Å². The molecule has 5 heteroatoms. The van der Waals surface area contributed by atoms with Crippen LogP contribution in [0, 0.1) is 11.3 Å². The van der Waals surface area contributed by atoms with Crippen molar-refractivity contribution in [3.05, 3.63) is 34.9 Å². The number of fused-ring (bicyclic) bond motifs is 3. The van der Waals surface area contributed by atoms with Crippen LogP contribution < -0.4 is 5.32 Å². The van der Waals surface area contributed by atoms with E-state index in [4.69, 9.17) is 17.0 Å². The summed E-state index contributed by atoms with van der Waals surface area (Å²) in [7, 11) is 0. The summed E-state index contributed by atoms with van der Waals surface area (Å²) in [5.74, 6) is 0.991. The SMILES string of the molecule is CC(C)c1ccc2c(c1)CC[C@H]1[C@](C)(C(=O)NC(=S)N3CCOCC3)CCC[C@]21C. The Kier molecular flexibility index (Phi) is 5.97. The van der Waals surface area contributed by atoms with Gasteiger partial charge in [-0.05, 0) is 71.8 Å². The largest absolute Gasteiger partial charge is 0.378 e. The second kappa shape index (κ2) is 8.23. The predicted molar refractivity (Wildman–Crippen MR) is 125 cm³/mol. The van der Waals surface area contributed by atoms with Crippen LogP contribution in [0.3, 0.4) is 0 Å². The Morgan fingerprint density at radius 1 is 1.23 bits per heavy atom. The lowest BCUT2D eigenvalue weighted by molar-refractivity contribution is -0.137. The Balaban J connectivity index is 1.58. The highest BCUT2D eigenvalue weighted by Gasteiger charge is 2.55. The molecule has 1 amide bonds. The van der Waals surface area contributed by atoms with Crippen LogP contribution in [0.1, 0.15) is 76.0 Å². The number of amides is 1. The fourth-order valence-electron chi connectivity index (χ4n) is 6.23. The van der Waals surface area contributed by atoms with Crippen molar-refractivity contribution in [2.24, 2.45) is 11.3 Å². The summed E-state index contributed by atoms with van der Waals surface area (Å²) in [6, 6.07) is 7.08. The normalized spacial score (nSPS) is 31.1. The van der Waals surface area contributed by atoms with Gasteiger partial charge in [0, 0.05) is 13.1 Å². The first-order valence-electron chi connectivity index (χ1n) is 11.6. The smallest absolute Gasteiger partial charge is 0.232 e. The van der Waals surface area contributed by atoms with Crippen molar-refractivity contribution in [1.82, 2.24) is 10.2 Å². The van der Waals surface area contributed by atoms with E-state index in [1.54, 1.807) is 0 Å². The highest BCUT2D eigenvalue weighted by molar-refractivity contribution is 7.80. The highest BCUT2D eigenvalue weighted by Crippen LogP contribution is 2.57. The molecular formula is C25H36N2O2S. The van der Waals surface area contributed by atoms with Crippen molar-refractivity contribution in [3.8, 4) is 0 Å². The molecule has 1 N–H and O–H groups in total. The Morgan fingerprint density at radius 2 is 1.97 bits per heavy atom. The fraction of sp³-hybridized carbons (Fsp3) is 0.680. The van der Waals surface area contributed by atoms with Gasteiger partial charge in [0.1, 0.15) is 0 Å². The minimum atomic E-state index is -0.391. The monoisotopic (exact) mass is 428 g/mol. The number of thiocarbonyl (C=S) groups is 1. The third-order valence-electron chi connectivity index (χ3n) is 8.08. The lowest BCUT2D eigenvalue weighted by atomic mass is 9.49. The molecule has 1 aromatic rings. The number of morpholine rings is 1. The quantitative estimate of drug-likeness (QED) is 0.702. The van der Waals surface area contributed by atoms with E-state index in [9.17, 15) is 4.79 Å². The van der Waals surface area contributed by atoms with Crippen LogP contribution in [-0.2, 0) is 21.4 Å². The van der Waals surface area contributed by atoms with Gasteiger partial charge < -0.3 is 15.0 Å². The molecule has 1 saturated carbocycles. The maximum atomic E-state index is 13.6. The number of rotatable bonds is 2. The summed E-state index contributed by atoms with van der Waals surface area (Å²) in [6.45, 7) is 11.9. The van der Waals surface area contributed by atoms with Crippen molar-refractivity contribution in [1.29, 1.82) is 0 Å². The number of hydrogen-bond acceptors (Lipinski definition) is 3. The Labute approximate surface area is 186 Å². The summed E-state index contributed by atoms with van der Waals surface area (Å²) < 4.78 is 5.42. The van der Waals surface area contributed by atoms with Crippen molar-refractivity contribution in [2.75, 3.05) is 26.3 Å². The van der Waals surface area contributed by atoms with Crippen molar-refractivity contribution >= 4 is 23.2 Å². The number of benzene rings is 1. The number of nitrogens with zero attached hydrogens (tertiary/aromatic N) is 1. The van der Waals surface area contributed by atoms with E-state index in [1.165, 1.54) is 16.7 Å². The average molecular weight is 429 g/mol. The van der Waals surface area contributed by atoms with Crippen LogP contribution >= 0.6 is 12.2 Å². The molecule has 4 nitrogen and oxygen atoms in total. The summed E-state index contributed by atoms with van der Waals surface area (Å²) in [5, 5.41) is 3.69. The van der Waals surface area contributed by atoms with Gasteiger partial charge in [0.25, 0.3) is 0 Å². The van der Waals surface area contributed by atoms with Crippen LogP contribution in [-0.4, -0.2) is 42.2 Å². The standard InChI is InChI=1S/C25H36N2O2S/c1-17(2)18-6-8-20-19(16-18)7-9-21-24(20,3)10-5-11-25(21,4)22(28)26-23(30)27-12-14-29-15-13-27/h6,8,16-17,21H,5,7,9-15H2,1-4H3,(H,26,28,30)/t21-,24-,25-/m1/s1. The van der Waals surface area contributed by atoms with Crippen molar-refractivity contribution in [2.45, 2.75) is 71.1 Å². The zero-order valence-corrected chi connectivity index (χ0v) is 19.7. The van der Waals surface area contributed by atoms with Gasteiger partial charge >= 0.3 is 0 Å². The first-order chi connectivity index (χ1) is 14.3. The summed E-state index contributed by atoms with van der Waals surface area (Å²) in [5.41, 5.74) is 4.04. The van der Waals surface area contributed by atoms with Crippen molar-refractivity contribution < 1.29 is 9.53 Å². The number of carbonyl (C=O) groups excluding carboxylic acids is 1. The molecule has 164 valence electrons. The third-order valence-corrected chi connectivity index (χ3v) is 8.44. The van der Waals surface area contributed by atoms with Crippen LogP contribution in [0.25, 0.3) is 0 Å². The lowest BCUT2D eigenvalue weighted by Gasteiger charge is -2.54. The number of hydrogen-bond donors (Lipinski definition) is 1. The van der Waals surface area contributed by atoms with Crippen LogP contribution in [0.15, 0.2) is 18.2 Å². The predicted octanol–water partition coefficient (Wildman–Crippen LogP) is 4.55. The minimum Gasteiger partial charge on any atom is -0.378 e. The van der Waals surface area contributed by atoms with Crippen molar-refractivity contribution in [3.63, 3.8) is 0 Å². The van der Waals surface area contributed by atoms with Gasteiger partial charge in [-0.3, -0.25) is 4.79 Å². The van der Waals surface area contributed by atoms with Crippen LogP contribution in [0.2, 0.25) is 0 Å². The zero-order valence-electron chi connectivity index (χ0n) is 18.9. The van der Waals surface area contributed by atoms with E-state index in [1.807, 2.05) is 0 Å². The Hall–Kier alpha value is -1.46. The van der Waals surface area contributed by atoms with Gasteiger partial charge in [-0.25, -0.2) is 0 Å². The van der Waals surface area contributed by atoms with Gasteiger partial charge in [0.05, 0.1) is 18.6 Å². The zero-order chi connectivity index (χ0) is 21.5. The van der Waals surface area contributed by atoms with Gasteiger partial charge in [-0.2, -0.15) is 0 Å². The molecule has 1 aliphatic heterocycles. The Bertz CT molecular complexity index is 832. The topological polar surface area (TPSA) is 41.6 Å². The Morgan fingerprint density at radius 3 is 2.67 bits per heavy atom. The molecule has 0 bridgehead atoms. The van der Waals surface area contributed by atoms with Gasteiger partial charge in [0.15, 0.2) is 5.11 Å². The molecule has 4 rings (SSSR count). The van der Waals surface area contributed by atoms with Crippen LogP contribution in [0.4, 0.5) is 0 Å². The number of ether oxygens (including phenoxy) is 1. The van der Waals surface area contributed by atoms with E-state index in [0.29, 0.717) is 30.2 Å². The molecule has 1 aromatic carbocycles. The summed E-state index contributed by atoms with van der Waals surface area (Å²) in [6.07, 6.45) is 5.30. The second-order valence-corrected chi connectivity index (χ2v) is 10.6. The number of carbonyl (C=O) groups is 1. The molecular weight excluding hydrogens is 392 g/mol. The van der Waals surface area contributed by atoms with E-state index in [-0.39, 0.29) is 11.3 Å². The molecule has 3 aliphatic rings. The second-order valence-electron chi connectivity index (χ2n) is 10.2. The molecule has 0 aromatic heterocycles. The third kappa shape index (κ3) is 3.69. The summed E-state index contributed by atoms with van der Waals surface area (Å²) in [4.78, 5) is 15.6. The maximum absolute atomic E-state index is 13.6. The molecule has 1 heterocycles. The van der Waals surface area contributed by atoms with E-state index < -0.39 is 5.41 Å². The summed E-state index contributed by atoms with van der Waals surface area (Å²) >= 11 is 5.58. The molecule has 2 aliphatic carbocycles. The van der Waals surface area contributed by atoms with Gasteiger partial charge in [-0.1, -0.05) is 52.3 Å². The minimum absolute atomic E-state index is 0.0496. The first-order valence-corrected chi connectivity index (χ1v) is 12.0. The molecule has 30 heavy (non-hydrogen) atoms. The molecule has 0 spiro atoms. The van der Waals surface area contributed by atoms with E-state index >= 15 is 0 Å². The lowest BCUT2D eigenvalue weighted by Crippen LogP contribution is -2.58. The molecule has 0 radical (unpaired) electrons. The molecule has 2 fully saturated rings. The fourth-order valence-corrected chi connectivity index (χ4v) is 6.50. The average Bonchev–Trinajstić information content (AvgIpc) is 2.73.